The molecule has 5 nitrogen and oxygen atoms in total. The van der Waals surface area contributed by atoms with Crippen molar-refractivity contribution < 1.29 is 17.6 Å². The predicted octanol–water partition coefficient (Wildman–Crippen LogP) is 2.11. The molecule has 0 radical (unpaired) electrons. The molecule has 1 aromatic carbocycles. The third-order valence-corrected chi connectivity index (χ3v) is 5.83. The maximum atomic E-state index is 14.1. The molecule has 1 aliphatic heterocycles. The number of hydrogen-bond donors (Lipinski definition) is 1. The number of halogens is 1. The molecule has 0 saturated carbocycles. The molecular formula is C16H19FN2O3S. The number of rotatable bonds is 3. The number of amides is 1. The molecule has 3 rings (SSSR count). The van der Waals surface area contributed by atoms with Crippen LogP contribution in [0.2, 0.25) is 0 Å². The first kappa shape index (κ1) is 16.0. The summed E-state index contributed by atoms with van der Waals surface area (Å²) in [5.41, 5.74) is 1.62. The van der Waals surface area contributed by atoms with Crippen molar-refractivity contribution in [2.24, 2.45) is 0 Å². The maximum Gasteiger partial charge on any atom is 0.251 e. The first-order valence-electron chi connectivity index (χ1n) is 7.70. The third-order valence-electron chi connectivity index (χ3n) is 4.22. The van der Waals surface area contributed by atoms with Crippen molar-refractivity contribution in [2.75, 3.05) is 34.8 Å². The normalized spacial score (nSPS) is 20.2. The van der Waals surface area contributed by atoms with Crippen molar-refractivity contribution in [1.82, 2.24) is 0 Å². The van der Waals surface area contributed by atoms with Gasteiger partial charge in [-0.25, -0.2) is 12.8 Å². The Bertz CT molecular complexity index is 745. The topological polar surface area (TPSA) is 66.5 Å². The Labute approximate surface area is 135 Å². The fourth-order valence-electron chi connectivity index (χ4n) is 2.87. The second-order valence-corrected chi connectivity index (χ2v) is 8.18. The van der Waals surface area contributed by atoms with E-state index in [9.17, 15) is 17.6 Å². The van der Waals surface area contributed by atoms with E-state index in [0.29, 0.717) is 11.4 Å². The summed E-state index contributed by atoms with van der Waals surface area (Å²) in [5.74, 6) is -0.519. The van der Waals surface area contributed by atoms with Gasteiger partial charge in [0.1, 0.15) is 5.82 Å². The fraction of sp³-hybridized carbons (Fsp3) is 0.438. The van der Waals surface area contributed by atoms with Crippen LogP contribution in [0.15, 0.2) is 29.8 Å². The Balaban J connectivity index is 1.75. The van der Waals surface area contributed by atoms with Crippen molar-refractivity contribution in [2.45, 2.75) is 19.3 Å². The van der Waals surface area contributed by atoms with E-state index in [0.717, 1.165) is 24.8 Å². The van der Waals surface area contributed by atoms with Crippen LogP contribution in [0.3, 0.4) is 0 Å². The zero-order chi connectivity index (χ0) is 16.4. The van der Waals surface area contributed by atoms with Crippen LogP contribution in [-0.2, 0) is 14.6 Å². The van der Waals surface area contributed by atoms with Crippen LogP contribution in [-0.4, -0.2) is 38.9 Å². The van der Waals surface area contributed by atoms with E-state index in [1.54, 1.807) is 11.0 Å². The van der Waals surface area contributed by atoms with Crippen molar-refractivity contribution in [3.63, 3.8) is 0 Å². The van der Waals surface area contributed by atoms with E-state index in [1.807, 2.05) is 6.08 Å². The highest BCUT2D eigenvalue weighted by Crippen LogP contribution is 2.26. The minimum absolute atomic E-state index is 0.0237. The lowest BCUT2D eigenvalue weighted by Crippen LogP contribution is -2.40. The van der Waals surface area contributed by atoms with Gasteiger partial charge in [0.05, 0.1) is 17.2 Å². The van der Waals surface area contributed by atoms with Gasteiger partial charge in [-0.1, -0.05) is 6.08 Å². The Hall–Kier alpha value is -1.89. The number of sulfone groups is 1. The molecule has 1 N–H and O–H groups in total. The summed E-state index contributed by atoms with van der Waals surface area (Å²) in [6.45, 7) is 0.531. The standard InChI is InChI=1S/C16H19FN2O3S/c17-14-6-5-13(18-16(20)12-3-1-2-4-12)11-15(14)19-7-9-23(21,22)10-8-19/h3,5-6,11H,1-2,4,7-10H2,(H,18,20). The van der Waals surface area contributed by atoms with Crippen molar-refractivity contribution in [3.05, 3.63) is 35.7 Å². The van der Waals surface area contributed by atoms with Crippen LogP contribution >= 0.6 is 0 Å². The van der Waals surface area contributed by atoms with Gasteiger partial charge in [-0.3, -0.25) is 4.79 Å². The molecule has 2 aliphatic rings. The lowest BCUT2D eigenvalue weighted by molar-refractivity contribution is -0.112. The first-order chi connectivity index (χ1) is 10.9. The molecule has 1 aromatic rings. The fourth-order valence-corrected chi connectivity index (χ4v) is 4.08. The summed E-state index contributed by atoms with van der Waals surface area (Å²) in [6.07, 6.45) is 4.60. The SMILES string of the molecule is O=C(Nc1ccc(F)c(N2CCS(=O)(=O)CC2)c1)C1=CCCC1. The number of allylic oxidation sites excluding steroid dienone is 1. The van der Waals surface area contributed by atoms with Crippen LogP contribution in [0, 0.1) is 5.82 Å². The minimum atomic E-state index is -3.02. The molecule has 23 heavy (non-hydrogen) atoms. The van der Waals surface area contributed by atoms with Gasteiger partial charge in [0.2, 0.25) is 0 Å². The Morgan fingerprint density at radius 2 is 1.96 bits per heavy atom. The number of carbonyl (C=O) groups excluding carboxylic acids is 1. The van der Waals surface area contributed by atoms with E-state index in [1.165, 1.54) is 12.1 Å². The van der Waals surface area contributed by atoms with E-state index in [2.05, 4.69) is 5.32 Å². The second kappa shape index (κ2) is 6.31. The van der Waals surface area contributed by atoms with E-state index >= 15 is 0 Å². The highest BCUT2D eigenvalue weighted by molar-refractivity contribution is 7.91. The zero-order valence-electron chi connectivity index (χ0n) is 12.7. The van der Waals surface area contributed by atoms with Crippen LogP contribution in [0.5, 0.6) is 0 Å². The smallest absolute Gasteiger partial charge is 0.251 e. The van der Waals surface area contributed by atoms with E-state index in [-0.39, 0.29) is 30.5 Å². The highest BCUT2D eigenvalue weighted by Gasteiger charge is 2.24. The zero-order valence-corrected chi connectivity index (χ0v) is 13.5. The van der Waals surface area contributed by atoms with E-state index < -0.39 is 15.7 Å². The molecule has 124 valence electrons. The summed E-state index contributed by atoms with van der Waals surface area (Å²) >= 11 is 0. The van der Waals surface area contributed by atoms with Crippen molar-refractivity contribution >= 4 is 27.1 Å². The molecule has 1 aliphatic carbocycles. The highest BCUT2D eigenvalue weighted by atomic mass is 32.2. The van der Waals surface area contributed by atoms with Crippen LogP contribution in [0.4, 0.5) is 15.8 Å². The summed E-state index contributed by atoms with van der Waals surface area (Å²) in [7, 11) is -3.02. The van der Waals surface area contributed by atoms with E-state index in [4.69, 9.17) is 0 Å². The van der Waals surface area contributed by atoms with Crippen LogP contribution in [0.1, 0.15) is 19.3 Å². The maximum absolute atomic E-state index is 14.1. The molecule has 1 fully saturated rings. The van der Waals surface area contributed by atoms with Gasteiger partial charge in [-0.15, -0.1) is 0 Å². The second-order valence-electron chi connectivity index (χ2n) is 5.88. The Morgan fingerprint density at radius 1 is 1.22 bits per heavy atom. The molecule has 7 heteroatoms. The van der Waals surface area contributed by atoms with Crippen LogP contribution in [0.25, 0.3) is 0 Å². The van der Waals surface area contributed by atoms with Gasteiger partial charge < -0.3 is 10.2 Å². The molecule has 0 unspecified atom stereocenters. The monoisotopic (exact) mass is 338 g/mol. The van der Waals surface area contributed by atoms with Gasteiger partial charge in [-0.05, 0) is 37.5 Å². The summed E-state index contributed by atoms with van der Waals surface area (Å²) < 4.78 is 37.0. The van der Waals surface area contributed by atoms with Gasteiger partial charge in [-0.2, -0.15) is 0 Å². The van der Waals surface area contributed by atoms with Crippen LogP contribution < -0.4 is 10.2 Å². The predicted molar refractivity (Wildman–Crippen MR) is 87.8 cm³/mol. The molecule has 0 aromatic heterocycles. The number of carbonyl (C=O) groups is 1. The molecule has 1 heterocycles. The number of benzene rings is 1. The quantitative estimate of drug-likeness (QED) is 0.917. The average molecular weight is 338 g/mol. The molecule has 0 bridgehead atoms. The van der Waals surface area contributed by atoms with Crippen molar-refractivity contribution in [3.8, 4) is 0 Å². The molecule has 1 amide bonds. The number of nitrogens with one attached hydrogen (secondary N) is 1. The Morgan fingerprint density at radius 3 is 2.61 bits per heavy atom. The molecular weight excluding hydrogens is 319 g/mol. The molecule has 0 atom stereocenters. The third kappa shape index (κ3) is 3.72. The van der Waals surface area contributed by atoms with Gasteiger partial charge in [0.15, 0.2) is 9.84 Å². The first-order valence-corrected chi connectivity index (χ1v) is 9.52. The minimum Gasteiger partial charge on any atom is -0.367 e. The van der Waals surface area contributed by atoms with Crippen molar-refractivity contribution in [1.29, 1.82) is 0 Å². The summed E-state index contributed by atoms with van der Waals surface area (Å²) in [6, 6.07) is 4.39. The summed E-state index contributed by atoms with van der Waals surface area (Å²) in [5, 5.41) is 2.79. The van der Waals surface area contributed by atoms with Gasteiger partial charge >= 0.3 is 0 Å². The number of anilines is 2. The Kier molecular flexibility index (Phi) is 4.39. The lowest BCUT2D eigenvalue weighted by Gasteiger charge is -2.29. The number of nitrogens with zero attached hydrogens (tertiary/aromatic N) is 1. The van der Waals surface area contributed by atoms with Gasteiger partial charge in [0.25, 0.3) is 5.91 Å². The molecule has 1 saturated heterocycles. The van der Waals surface area contributed by atoms with Gasteiger partial charge in [0, 0.05) is 24.4 Å². The largest absolute Gasteiger partial charge is 0.367 e. The summed E-state index contributed by atoms with van der Waals surface area (Å²) in [4.78, 5) is 13.8. The molecule has 0 spiro atoms. The average Bonchev–Trinajstić information content (AvgIpc) is 3.04. The lowest BCUT2D eigenvalue weighted by atomic mass is 10.2. The number of hydrogen-bond acceptors (Lipinski definition) is 4.